The van der Waals surface area contributed by atoms with Crippen molar-refractivity contribution >= 4 is 17.3 Å². The van der Waals surface area contributed by atoms with Crippen LogP contribution in [0.15, 0.2) is 41.2 Å². The number of aromatic nitrogens is 3. The van der Waals surface area contributed by atoms with Crippen LogP contribution in [0.25, 0.3) is 0 Å². The second kappa shape index (κ2) is 9.74. The first-order valence-corrected chi connectivity index (χ1v) is 11.2. The number of anilines is 3. The molecular weight excluding hydrogens is 459 g/mol. The molecule has 1 fully saturated rings. The van der Waals surface area contributed by atoms with E-state index in [-0.39, 0.29) is 19.0 Å². The van der Waals surface area contributed by atoms with Crippen molar-refractivity contribution in [3.05, 3.63) is 59.5 Å². The second-order valence-electron chi connectivity index (χ2n) is 8.68. The van der Waals surface area contributed by atoms with Crippen LogP contribution in [0.5, 0.6) is 0 Å². The molecule has 11 nitrogen and oxygen atoms in total. The number of nitrogens with one attached hydrogen (secondary N) is 1. The Morgan fingerprint density at radius 2 is 2.11 bits per heavy atom. The molecule has 1 aromatic carbocycles. The Labute approximate surface area is 201 Å². The van der Waals surface area contributed by atoms with Crippen molar-refractivity contribution in [3.8, 4) is 0 Å². The molecular formula is C23H27FN6O5. The van der Waals surface area contributed by atoms with E-state index in [9.17, 15) is 14.6 Å². The fourth-order valence-electron chi connectivity index (χ4n) is 4.36. The zero-order valence-electron chi connectivity index (χ0n) is 19.3. The van der Waals surface area contributed by atoms with Gasteiger partial charge in [-0.05, 0) is 24.6 Å². The lowest BCUT2D eigenvalue weighted by molar-refractivity contribution is -0.0489. The van der Waals surface area contributed by atoms with Crippen LogP contribution >= 0.6 is 0 Å². The first-order valence-electron chi connectivity index (χ1n) is 11.2. The van der Waals surface area contributed by atoms with Crippen molar-refractivity contribution in [3.63, 3.8) is 0 Å². The van der Waals surface area contributed by atoms with E-state index in [1.807, 2.05) is 18.0 Å². The summed E-state index contributed by atoms with van der Waals surface area (Å²) in [4.78, 5) is 12.4. The zero-order valence-corrected chi connectivity index (χ0v) is 19.3. The monoisotopic (exact) mass is 486 g/mol. The minimum Gasteiger partial charge on any atom is -0.387 e. The average molecular weight is 487 g/mol. The summed E-state index contributed by atoms with van der Waals surface area (Å²) in [5.41, 5.74) is 2.10. The molecule has 12 heteroatoms. The molecule has 1 saturated heterocycles. The van der Waals surface area contributed by atoms with Gasteiger partial charge in [0.05, 0.1) is 19.9 Å². The van der Waals surface area contributed by atoms with Crippen LogP contribution in [-0.4, -0.2) is 70.2 Å². The Balaban J connectivity index is 1.26. The van der Waals surface area contributed by atoms with Crippen LogP contribution in [0, 0.1) is 12.7 Å². The van der Waals surface area contributed by atoms with Gasteiger partial charge in [0.25, 0.3) is 0 Å². The first kappa shape index (κ1) is 23.4. The van der Waals surface area contributed by atoms with Gasteiger partial charge in [0.15, 0.2) is 17.9 Å². The summed E-state index contributed by atoms with van der Waals surface area (Å²) in [7, 11) is 1.85. The third kappa shape index (κ3) is 4.78. The molecule has 3 aromatic rings. The Morgan fingerprint density at radius 1 is 1.26 bits per heavy atom. The summed E-state index contributed by atoms with van der Waals surface area (Å²) < 4.78 is 30.2. The number of nitrogens with zero attached hydrogens (tertiary/aromatic N) is 5. The Bertz CT molecular complexity index is 1180. The molecule has 4 atom stereocenters. The lowest BCUT2D eigenvalue weighted by Crippen LogP contribution is -2.44. The highest BCUT2D eigenvalue weighted by atomic mass is 19.1. The molecule has 0 unspecified atom stereocenters. The number of aliphatic hydroxyl groups is 2. The standard InChI is InChI=1S/C23H27FN6O5/c1-13-6-16(28-35-13)9-33-10-17-19(31)20(32)23(34-17)30-12-27-18-21(25-11-26-22(18)30)29(2)8-14-4-3-5-15(24)7-14/h3-7,11,17,19-20,23,27,31-32H,8-10,12H2,1-2H3/t17-,19-,20-,23-/m1/s1. The van der Waals surface area contributed by atoms with Gasteiger partial charge in [-0.15, -0.1) is 0 Å². The molecule has 5 rings (SSSR count). The van der Waals surface area contributed by atoms with Gasteiger partial charge in [0, 0.05) is 19.7 Å². The smallest absolute Gasteiger partial charge is 0.162 e. The Kier molecular flexibility index (Phi) is 6.52. The maximum atomic E-state index is 13.6. The van der Waals surface area contributed by atoms with E-state index < -0.39 is 24.5 Å². The minimum atomic E-state index is -1.17. The number of fused-ring (bicyclic) bond motifs is 1. The van der Waals surface area contributed by atoms with E-state index in [0.717, 1.165) is 5.56 Å². The number of aryl methyl sites for hydroxylation is 1. The van der Waals surface area contributed by atoms with Gasteiger partial charge in [-0.3, -0.25) is 0 Å². The number of hydrogen-bond acceptors (Lipinski definition) is 11. The summed E-state index contributed by atoms with van der Waals surface area (Å²) in [5, 5.41) is 28.4. The summed E-state index contributed by atoms with van der Waals surface area (Å²) in [6.07, 6.45) is -2.45. The number of aliphatic hydroxyl groups excluding tert-OH is 2. The van der Waals surface area contributed by atoms with E-state index >= 15 is 0 Å². The molecule has 3 N–H and O–H groups in total. The van der Waals surface area contributed by atoms with Crippen LogP contribution in [0.1, 0.15) is 17.0 Å². The van der Waals surface area contributed by atoms with Crippen LogP contribution in [-0.2, 0) is 22.6 Å². The van der Waals surface area contributed by atoms with E-state index in [2.05, 4.69) is 20.4 Å². The zero-order chi connectivity index (χ0) is 24.5. The first-order chi connectivity index (χ1) is 16.9. The highest BCUT2D eigenvalue weighted by Crippen LogP contribution is 2.39. The molecule has 0 saturated carbocycles. The van der Waals surface area contributed by atoms with Crippen LogP contribution < -0.4 is 15.1 Å². The molecule has 4 heterocycles. The summed E-state index contributed by atoms with van der Waals surface area (Å²) in [5.74, 6) is 1.54. The number of hydrogen-bond donors (Lipinski definition) is 3. The van der Waals surface area contributed by atoms with Crippen molar-refractivity contribution in [1.29, 1.82) is 0 Å². The second-order valence-corrected chi connectivity index (χ2v) is 8.68. The highest BCUT2D eigenvalue weighted by Gasteiger charge is 2.47. The van der Waals surface area contributed by atoms with Crippen LogP contribution in [0.3, 0.4) is 0 Å². The van der Waals surface area contributed by atoms with Crippen molar-refractivity contribution in [2.24, 2.45) is 0 Å². The molecule has 0 amide bonds. The van der Waals surface area contributed by atoms with Gasteiger partial charge in [-0.2, -0.15) is 0 Å². The van der Waals surface area contributed by atoms with Crippen molar-refractivity contribution in [1.82, 2.24) is 15.1 Å². The van der Waals surface area contributed by atoms with Gasteiger partial charge in [0.1, 0.15) is 47.6 Å². The average Bonchev–Trinajstić information content (AvgIpc) is 3.52. The number of rotatable bonds is 8. The molecule has 0 radical (unpaired) electrons. The number of ether oxygens (including phenoxy) is 2. The largest absolute Gasteiger partial charge is 0.387 e. The van der Waals surface area contributed by atoms with Gasteiger partial charge in [-0.25, -0.2) is 14.4 Å². The number of halogens is 1. The third-order valence-electron chi connectivity index (χ3n) is 6.03. The molecule has 0 aliphatic carbocycles. The topological polar surface area (TPSA) is 129 Å². The molecule has 2 aliphatic rings. The predicted octanol–water partition coefficient (Wildman–Crippen LogP) is 1.40. The molecule has 0 spiro atoms. The van der Waals surface area contributed by atoms with E-state index in [0.29, 0.717) is 42.0 Å². The predicted molar refractivity (Wildman–Crippen MR) is 123 cm³/mol. The minimum absolute atomic E-state index is 0.0696. The molecule has 35 heavy (non-hydrogen) atoms. The molecule has 2 aliphatic heterocycles. The Hall–Kier alpha value is -3.32. The van der Waals surface area contributed by atoms with Gasteiger partial charge in [-0.1, -0.05) is 17.3 Å². The van der Waals surface area contributed by atoms with Gasteiger partial charge < -0.3 is 39.3 Å². The third-order valence-corrected chi connectivity index (χ3v) is 6.03. The fraction of sp³-hybridized carbons (Fsp3) is 0.435. The van der Waals surface area contributed by atoms with E-state index in [1.165, 1.54) is 18.5 Å². The Morgan fingerprint density at radius 3 is 2.89 bits per heavy atom. The maximum absolute atomic E-state index is 13.6. The fourth-order valence-corrected chi connectivity index (χ4v) is 4.36. The SMILES string of the molecule is Cc1cc(COC[C@H]2O[C@@H](N3CNc4c(N(C)Cc5cccc(F)c5)ncnc43)[C@H](O)[C@@H]2O)no1. The van der Waals surface area contributed by atoms with Gasteiger partial charge in [0.2, 0.25) is 0 Å². The van der Waals surface area contributed by atoms with Crippen molar-refractivity contribution < 1.29 is 28.6 Å². The summed E-state index contributed by atoms with van der Waals surface area (Å²) >= 11 is 0. The summed E-state index contributed by atoms with van der Waals surface area (Å²) in [6.45, 7) is 2.80. The molecule has 2 aromatic heterocycles. The van der Waals surface area contributed by atoms with Gasteiger partial charge >= 0.3 is 0 Å². The van der Waals surface area contributed by atoms with E-state index in [4.69, 9.17) is 14.0 Å². The quantitative estimate of drug-likeness (QED) is 0.427. The lowest BCUT2D eigenvalue weighted by Gasteiger charge is -2.27. The normalized spacial score (nSPS) is 23.4. The molecule has 0 bridgehead atoms. The maximum Gasteiger partial charge on any atom is 0.162 e. The molecule has 186 valence electrons. The van der Waals surface area contributed by atoms with E-state index in [1.54, 1.807) is 24.0 Å². The summed E-state index contributed by atoms with van der Waals surface area (Å²) in [6, 6.07) is 8.16. The van der Waals surface area contributed by atoms with Crippen LogP contribution in [0.2, 0.25) is 0 Å². The lowest BCUT2D eigenvalue weighted by atomic mass is 10.1. The highest BCUT2D eigenvalue weighted by molar-refractivity contribution is 5.82. The van der Waals surface area contributed by atoms with Crippen molar-refractivity contribution in [2.45, 2.75) is 44.6 Å². The van der Waals surface area contributed by atoms with Crippen molar-refractivity contribution in [2.75, 3.05) is 35.4 Å². The number of benzene rings is 1. The van der Waals surface area contributed by atoms with Crippen LogP contribution in [0.4, 0.5) is 21.7 Å².